The Morgan fingerprint density at radius 3 is 2.73 bits per heavy atom. The van der Waals surface area contributed by atoms with E-state index in [2.05, 4.69) is 40.4 Å². The number of aromatic nitrogens is 2. The highest BCUT2D eigenvalue weighted by Crippen LogP contribution is 2.30. The Labute approximate surface area is 153 Å². The monoisotopic (exact) mass is 348 g/mol. The van der Waals surface area contributed by atoms with E-state index >= 15 is 0 Å². The lowest BCUT2D eigenvalue weighted by atomic mass is 9.91. The van der Waals surface area contributed by atoms with Crippen LogP contribution in [0, 0.1) is 0 Å². The summed E-state index contributed by atoms with van der Waals surface area (Å²) >= 11 is 0. The third kappa shape index (κ3) is 3.35. The Morgan fingerprint density at radius 2 is 1.96 bits per heavy atom. The van der Waals surface area contributed by atoms with E-state index in [0.717, 1.165) is 37.0 Å². The van der Waals surface area contributed by atoms with Crippen molar-refractivity contribution in [3.05, 3.63) is 66.0 Å². The fourth-order valence-corrected chi connectivity index (χ4v) is 3.67. The molecule has 26 heavy (non-hydrogen) atoms. The van der Waals surface area contributed by atoms with Gasteiger partial charge in [0, 0.05) is 25.6 Å². The first-order chi connectivity index (χ1) is 12.7. The normalized spacial score (nSPS) is 15.1. The molecule has 0 radical (unpaired) electrons. The van der Waals surface area contributed by atoms with Crippen LogP contribution >= 0.6 is 0 Å². The number of aryl methyl sites for hydroxylation is 1. The quantitative estimate of drug-likeness (QED) is 0.720. The van der Waals surface area contributed by atoms with Crippen molar-refractivity contribution < 1.29 is 4.79 Å². The fourth-order valence-electron chi connectivity index (χ4n) is 3.67. The number of amides is 1. The molecule has 5 heteroatoms. The second-order valence-electron chi connectivity index (χ2n) is 7.07. The maximum absolute atomic E-state index is 12.6. The molecule has 5 nitrogen and oxygen atoms in total. The van der Waals surface area contributed by atoms with Crippen LogP contribution in [0.15, 0.2) is 54.9 Å². The van der Waals surface area contributed by atoms with Gasteiger partial charge in [-0.2, -0.15) is 0 Å². The number of likely N-dealkylation sites (N-methyl/N-ethyl adjacent to an activating group) is 1. The lowest BCUT2D eigenvalue weighted by Crippen LogP contribution is -2.41. The highest BCUT2D eigenvalue weighted by atomic mass is 16.2. The number of imidazole rings is 1. The third-order valence-electron chi connectivity index (χ3n) is 5.09. The van der Waals surface area contributed by atoms with Crippen molar-refractivity contribution in [2.24, 2.45) is 0 Å². The zero-order valence-electron chi connectivity index (χ0n) is 15.1. The molecule has 1 aliphatic rings. The van der Waals surface area contributed by atoms with Crippen LogP contribution in [-0.4, -0.2) is 47.2 Å². The summed E-state index contributed by atoms with van der Waals surface area (Å²) in [7, 11) is 2.12. The van der Waals surface area contributed by atoms with E-state index < -0.39 is 0 Å². The molecule has 1 aliphatic heterocycles. The van der Waals surface area contributed by atoms with Crippen LogP contribution in [0.5, 0.6) is 0 Å². The van der Waals surface area contributed by atoms with Gasteiger partial charge >= 0.3 is 6.03 Å². The Morgan fingerprint density at radius 1 is 1.15 bits per heavy atom. The van der Waals surface area contributed by atoms with Crippen molar-refractivity contribution in [2.45, 2.75) is 18.8 Å². The number of carbonyl (C=O) groups excluding carboxylic acids is 1. The number of nitrogens with one attached hydrogen (secondary N) is 1. The number of fused-ring (bicyclic) bond motifs is 1. The van der Waals surface area contributed by atoms with E-state index in [9.17, 15) is 4.79 Å². The Kier molecular flexibility index (Phi) is 4.71. The number of para-hydroxylation sites is 1. The average molecular weight is 348 g/mol. The largest absolute Gasteiger partial charge is 0.337 e. The molecule has 0 bridgehead atoms. The smallest absolute Gasteiger partial charge is 0.327 e. The fraction of sp³-hybridized carbons (Fsp3) is 0.333. The van der Waals surface area contributed by atoms with Crippen LogP contribution in [0.1, 0.15) is 23.5 Å². The predicted octanol–water partition coefficient (Wildman–Crippen LogP) is 3.26. The number of carbonyl (C=O) groups is 1. The molecule has 134 valence electrons. The first-order valence-corrected chi connectivity index (χ1v) is 9.19. The van der Waals surface area contributed by atoms with Gasteiger partial charge in [-0.15, -0.1) is 0 Å². The van der Waals surface area contributed by atoms with Gasteiger partial charge in [0.15, 0.2) is 0 Å². The van der Waals surface area contributed by atoms with Gasteiger partial charge in [-0.25, -0.2) is 9.78 Å². The van der Waals surface area contributed by atoms with Gasteiger partial charge in [0.1, 0.15) is 6.33 Å². The Balaban J connectivity index is 1.40. The van der Waals surface area contributed by atoms with Gasteiger partial charge in [-0.05, 0) is 37.1 Å². The minimum atomic E-state index is -0.108. The van der Waals surface area contributed by atoms with Gasteiger partial charge in [0.2, 0.25) is 0 Å². The van der Waals surface area contributed by atoms with Crippen LogP contribution in [-0.2, 0) is 6.42 Å². The topological polar surface area (TPSA) is 50.2 Å². The summed E-state index contributed by atoms with van der Waals surface area (Å²) < 4.78 is 1.63. The third-order valence-corrected chi connectivity index (χ3v) is 5.09. The molecule has 0 spiro atoms. The highest BCUT2D eigenvalue weighted by molar-refractivity contribution is 5.90. The predicted molar refractivity (Wildman–Crippen MR) is 104 cm³/mol. The van der Waals surface area contributed by atoms with E-state index in [1.807, 2.05) is 30.3 Å². The molecule has 0 unspecified atom stereocenters. The first kappa shape index (κ1) is 16.8. The summed E-state index contributed by atoms with van der Waals surface area (Å²) in [5.41, 5.74) is 4.38. The maximum atomic E-state index is 12.6. The van der Waals surface area contributed by atoms with Crippen LogP contribution < -0.4 is 5.32 Å². The summed E-state index contributed by atoms with van der Waals surface area (Å²) in [6, 6.07) is 16.4. The average Bonchev–Trinajstić information content (AvgIpc) is 3.08. The van der Waals surface area contributed by atoms with Crippen molar-refractivity contribution in [3.63, 3.8) is 0 Å². The number of hydrogen-bond acceptors (Lipinski definition) is 3. The summed E-state index contributed by atoms with van der Waals surface area (Å²) in [5, 5.41) is 3.01. The molecule has 1 N–H and O–H groups in total. The van der Waals surface area contributed by atoms with Crippen LogP contribution in [0.2, 0.25) is 0 Å². The second kappa shape index (κ2) is 7.30. The van der Waals surface area contributed by atoms with Gasteiger partial charge in [-0.3, -0.25) is 4.57 Å². The molecule has 2 heterocycles. The molecule has 0 aliphatic carbocycles. The van der Waals surface area contributed by atoms with Gasteiger partial charge in [0.05, 0.1) is 11.0 Å². The number of hydrogen-bond donors (Lipinski definition) is 1. The number of nitrogens with zero attached hydrogens (tertiary/aromatic N) is 3. The molecule has 4 rings (SSSR count). The second-order valence-corrected chi connectivity index (χ2v) is 7.07. The molecular weight excluding hydrogens is 324 g/mol. The molecule has 1 fully saturated rings. The Hall–Kier alpha value is -2.66. The maximum Gasteiger partial charge on any atom is 0.327 e. The van der Waals surface area contributed by atoms with Crippen molar-refractivity contribution in [1.29, 1.82) is 0 Å². The van der Waals surface area contributed by atoms with Crippen LogP contribution in [0.3, 0.4) is 0 Å². The molecule has 1 aromatic heterocycles. The van der Waals surface area contributed by atoms with Gasteiger partial charge < -0.3 is 10.2 Å². The zero-order valence-corrected chi connectivity index (χ0v) is 15.1. The summed E-state index contributed by atoms with van der Waals surface area (Å²) in [5.74, 6) is 0.515. The molecule has 0 atom stereocenters. The van der Waals surface area contributed by atoms with E-state index in [1.165, 1.54) is 11.1 Å². The zero-order chi connectivity index (χ0) is 17.9. The minimum Gasteiger partial charge on any atom is -0.337 e. The lowest BCUT2D eigenvalue weighted by Gasteiger charge is -2.36. The number of benzene rings is 2. The molecule has 1 amide bonds. The number of likely N-dealkylation sites (tertiary alicyclic amines) is 1. The number of rotatable bonds is 5. The van der Waals surface area contributed by atoms with Gasteiger partial charge in [0.25, 0.3) is 0 Å². The van der Waals surface area contributed by atoms with Crippen LogP contribution in [0.4, 0.5) is 4.79 Å². The molecular formula is C21H24N4O. The van der Waals surface area contributed by atoms with E-state index in [1.54, 1.807) is 10.9 Å². The lowest BCUT2D eigenvalue weighted by molar-refractivity contribution is 0.190. The van der Waals surface area contributed by atoms with Crippen LogP contribution in [0.25, 0.3) is 11.0 Å². The summed E-state index contributed by atoms with van der Waals surface area (Å²) in [4.78, 5) is 19.4. The van der Waals surface area contributed by atoms with Crippen molar-refractivity contribution in [1.82, 2.24) is 19.8 Å². The molecule has 0 saturated carbocycles. The minimum absolute atomic E-state index is 0.108. The van der Waals surface area contributed by atoms with E-state index in [-0.39, 0.29) is 6.03 Å². The molecule has 1 saturated heterocycles. The molecule has 2 aromatic carbocycles. The summed E-state index contributed by atoms with van der Waals surface area (Å²) in [6.45, 7) is 2.76. The summed E-state index contributed by atoms with van der Waals surface area (Å²) in [6.07, 6.45) is 3.52. The Bertz CT molecular complexity index is 897. The van der Waals surface area contributed by atoms with E-state index in [0.29, 0.717) is 12.5 Å². The molecule has 3 aromatic rings. The first-order valence-electron chi connectivity index (χ1n) is 9.19. The SMILES string of the molecule is CN1CC(c2cccc3c2ncn3C(=O)NCCCc2ccccc2)C1. The van der Waals surface area contributed by atoms with Gasteiger partial charge in [-0.1, -0.05) is 42.5 Å². The van der Waals surface area contributed by atoms with Crippen molar-refractivity contribution in [3.8, 4) is 0 Å². The highest BCUT2D eigenvalue weighted by Gasteiger charge is 2.27. The standard InChI is InChI=1S/C21H24N4O/c1-24-13-17(14-24)18-10-5-11-19-20(18)23-15-25(19)21(26)22-12-6-9-16-7-3-2-4-8-16/h2-5,7-8,10-11,15,17H,6,9,12-14H2,1H3,(H,22,26). The van der Waals surface area contributed by atoms with Crippen molar-refractivity contribution >= 4 is 17.1 Å². The van der Waals surface area contributed by atoms with Crippen molar-refractivity contribution in [2.75, 3.05) is 26.7 Å². The van der Waals surface area contributed by atoms with E-state index in [4.69, 9.17) is 0 Å².